The first-order chi connectivity index (χ1) is 36.8. The van der Waals surface area contributed by atoms with E-state index < -0.39 is 88.8 Å². The van der Waals surface area contributed by atoms with Crippen molar-refractivity contribution in [3.8, 4) is 34.0 Å². The lowest BCUT2D eigenvalue weighted by Gasteiger charge is -2.33. The molecule has 0 fully saturated rings. The number of nitrogens with one attached hydrogen (secondary N) is 6. The molecule has 22 heteroatoms. The second kappa shape index (κ2) is 25.4. The number of carbonyl (C=O) groups is 8. The molecule has 2 heterocycles. The van der Waals surface area contributed by atoms with E-state index >= 15 is 4.79 Å². The largest absolute Gasteiger partial charge is 0.505 e. The van der Waals surface area contributed by atoms with E-state index in [0.717, 1.165) is 17.6 Å². The number of benzene rings is 3. The highest BCUT2D eigenvalue weighted by Crippen LogP contribution is 2.44. The number of rotatable bonds is 14. The number of hydrogen-bond acceptors (Lipinski definition) is 15. The van der Waals surface area contributed by atoms with Crippen LogP contribution in [0.2, 0.25) is 0 Å². The van der Waals surface area contributed by atoms with E-state index in [9.17, 15) is 38.7 Å². The summed E-state index contributed by atoms with van der Waals surface area (Å²) in [7, 11) is 2.43. The molecule has 0 saturated carbocycles. The number of phenols is 1. The zero-order valence-corrected chi connectivity index (χ0v) is 47.7. The van der Waals surface area contributed by atoms with Gasteiger partial charge in [-0.2, -0.15) is 0 Å². The fourth-order valence-corrected chi connectivity index (χ4v) is 8.54. The predicted octanol–water partition coefficient (Wildman–Crippen LogP) is 6.22. The summed E-state index contributed by atoms with van der Waals surface area (Å²) < 4.78 is 22.0. The number of carbonyl (C=O) groups excluding carboxylic acids is 8. The van der Waals surface area contributed by atoms with Gasteiger partial charge in [0.2, 0.25) is 23.6 Å². The van der Waals surface area contributed by atoms with Crippen LogP contribution in [0.5, 0.6) is 11.5 Å². The van der Waals surface area contributed by atoms with Crippen LogP contribution in [0.4, 0.5) is 15.3 Å². The van der Waals surface area contributed by atoms with Crippen molar-refractivity contribution in [1.29, 1.82) is 0 Å². The summed E-state index contributed by atoms with van der Waals surface area (Å²) in [4.78, 5) is 120. The first-order valence-corrected chi connectivity index (χ1v) is 25.8. The molecule has 0 saturated heterocycles. The molecule has 0 spiro atoms. The van der Waals surface area contributed by atoms with E-state index in [-0.39, 0.29) is 71.6 Å². The fraction of sp³-hybridized carbons (Fsp3) is 0.474. The molecule has 4 atom stereocenters. The Balaban J connectivity index is 1.65. The monoisotopic (exact) mass is 1090 g/mol. The van der Waals surface area contributed by atoms with Gasteiger partial charge in [-0.15, -0.1) is 0 Å². The number of alkyl carbamates (subject to hydrolysis) is 2. The number of anilines is 1. The molecule has 1 aliphatic heterocycles. The van der Waals surface area contributed by atoms with E-state index in [0.29, 0.717) is 28.3 Å². The molecular weight excluding hydrogens is 1020 g/mol. The minimum Gasteiger partial charge on any atom is -0.505 e. The molecule has 5 rings (SSSR count). The Labute approximate surface area is 460 Å². The first-order valence-electron chi connectivity index (χ1n) is 25.8. The molecule has 7 amide bonds. The summed E-state index contributed by atoms with van der Waals surface area (Å²) in [6.07, 6.45) is -1.88. The lowest BCUT2D eigenvalue weighted by molar-refractivity contribution is -0.145. The molecule has 0 unspecified atom stereocenters. The molecule has 7 N–H and O–H groups in total. The minimum atomic E-state index is -1.71. The molecular formula is C57H75N9O13. The average molecular weight is 1090 g/mol. The number of likely N-dealkylation sites (N-methyl/N-ethyl adjacent to an activating group) is 1. The summed E-state index contributed by atoms with van der Waals surface area (Å²) in [6, 6.07) is 9.35. The van der Waals surface area contributed by atoms with Crippen LogP contribution in [-0.2, 0) is 50.0 Å². The van der Waals surface area contributed by atoms with Crippen molar-refractivity contribution >= 4 is 53.4 Å². The van der Waals surface area contributed by atoms with Gasteiger partial charge in [0.05, 0.1) is 36.3 Å². The van der Waals surface area contributed by atoms with Crippen molar-refractivity contribution < 1.29 is 62.4 Å². The van der Waals surface area contributed by atoms with E-state index in [2.05, 4.69) is 62.6 Å². The highest BCUT2D eigenvalue weighted by molar-refractivity contribution is 6.01. The molecule has 4 bridgehead atoms. The summed E-state index contributed by atoms with van der Waals surface area (Å²) in [6.45, 7) is 21.9. The first kappa shape index (κ1) is 61.6. The standard InChI is InChI=1S/C57H75N9O13/c1-30-44(31(2)61-47(60-30)35-17-19-37(20-18-35)55(5,6)7)49(70)64-40(22-23-58-53(74)78-56(8,9)10)51(72)66(14)45-36-28-39(46(68)41(29-36)63-33(4)67)38-26-34(16-21-43(38)77-25-24-59-54(75)79-57(11,12)13)27-42(52(73)76-15)65-48(69)32(3)62-50(45)71/h16-21,26,28-29,32,40,42,45,68H,22-25,27H2,1-15H3,(H,58,74)(H,59,75)(H,62,71)(H,63,67)(H,64,70)(H,65,69)/t32-,40-,42-,45-/m0/s1. The van der Waals surface area contributed by atoms with E-state index in [1.165, 1.54) is 39.1 Å². The second-order valence-corrected chi connectivity index (χ2v) is 22.3. The van der Waals surface area contributed by atoms with Gasteiger partial charge < -0.3 is 60.9 Å². The molecule has 4 aromatic rings. The topological polar surface area (TPSA) is 295 Å². The summed E-state index contributed by atoms with van der Waals surface area (Å²) in [5.74, 6) is -4.78. The van der Waals surface area contributed by atoms with Crippen molar-refractivity contribution in [2.24, 2.45) is 0 Å². The normalized spacial score (nSPS) is 16.1. The Morgan fingerprint density at radius 1 is 0.797 bits per heavy atom. The van der Waals surface area contributed by atoms with Crippen molar-refractivity contribution in [1.82, 2.24) is 41.5 Å². The van der Waals surface area contributed by atoms with Gasteiger partial charge in [0.1, 0.15) is 53.5 Å². The van der Waals surface area contributed by atoms with Gasteiger partial charge in [-0.25, -0.2) is 24.4 Å². The number of methoxy groups -OCH3 is 1. The molecule has 79 heavy (non-hydrogen) atoms. The van der Waals surface area contributed by atoms with Crippen LogP contribution in [0.25, 0.3) is 22.5 Å². The Hall–Kier alpha value is -8.30. The molecule has 0 aliphatic carbocycles. The van der Waals surface area contributed by atoms with Crippen LogP contribution in [0, 0.1) is 13.8 Å². The highest BCUT2D eigenvalue weighted by Gasteiger charge is 2.37. The highest BCUT2D eigenvalue weighted by atomic mass is 16.6. The number of ether oxygens (including phenoxy) is 4. The second-order valence-electron chi connectivity index (χ2n) is 22.3. The number of hydrogen-bond donors (Lipinski definition) is 7. The number of nitrogens with zero attached hydrogens (tertiary/aromatic N) is 3. The fourth-order valence-electron chi connectivity index (χ4n) is 8.54. The average Bonchev–Trinajstić information content (AvgIpc) is 3.34. The minimum absolute atomic E-state index is 0.00637. The molecule has 1 aliphatic rings. The van der Waals surface area contributed by atoms with Crippen LogP contribution in [0.3, 0.4) is 0 Å². The SMILES string of the molecule is COC(=O)[C@@H]1Cc2ccc(OCCNC(=O)OC(C)(C)C)c(c2)-c2cc(cc(NC(C)=O)c2O)[C@H](N(C)C(=O)[C@H](CCNC(=O)OC(C)(C)C)NC(=O)c2c(C)nc(-c3ccc(C(C)(C)C)cc3)nc2C)C(=O)N[C@@H](C)C(=O)N1. The number of aromatic nitrogens is 2. The Kier molecular flexibility index (Phi) is 19.8. The van der Waals surface area contributed by atoms with Gasteiger partial charge >= 0.3 is 18.2 Å². The predicted molar refractivity (Wildman–Crippen MR) is 294 cm³/mol. The third-order valence-corrected chi connectivity index (χ3v) is 12.3. The van der Waals surface area contributed by atoms with Gasteiger partial charge in [0, 0.05) is 43.6 Å². The molecule has 0 radical (unpaired) electrons. The van der Waals surface area contributed by atoms with Crippen molar-refractivity contribution in [2.45, 2.75) is 144 Å². The zero-order chi connectivity index (χ0) is 58.9. The smallest absolute Gasteiger partial charge is 0.407 e. The number of aryl methyl sites for hydroxylation is 2. The Morgan fingerprint density at radius 3 is 1.95 bits per heavy atom. The maximum Gasteiger partial charge on any atom is 0.407 e. The van der Waals surface area contributed by atoms with E-state index in [4.69, 9.17) is 18.9 Å². The summed E-state index contributed by atoms with van der Waals surface area (Å²) >= 11 is 0. The maximum atomic E-state index is 15.3. The number of esters is 1. The van der Waals surface area contributed by atoms with Gasteiger partial charge in [-0.1, -0.05) is 51.1 Å². The van der Waals surface area contributed by atoms with Crippen LogP contribution in [0.15, 0.2) is 54.6 Å². The van der Waals surface area contributed by atoms with E-state index in [1.54, 1.807) is 67.5 Å². The maximum absolute atomic E-state index is 15.3. The third kappa shape index (κ3) is 16.8. The molecule has 426 valence electrons. The van der Waals surface area contributed by atoms with Gasteiger partial charge in [-0.05, 0) is 115 Å². The van der Waals surface area contributed by atoms with Gasteiger partial charge in [-0.3, -0.25) is 24.0 Å². The van der Waals surface area contributed by atoms with Crippen LogP contribution in [0.1, 0.15) is 127 Å². The van der Waals surface area contributed by atoms with Crippen LogP contribution >= 0.6 is 0 Å². The van der Waals surface area contributed by atoms with Crippen molar-refractivity contribution in [3.63, 3.8) is 0 Å². The zero-order valence-electron chi connectivity index (χ0n) is 47.7. The Bertz CT molecular complexity index is 2940. The number of fused-ring (bicyclic) bond motifs is 5. The molecule has 22 nitrogen and oxygen atoms in total. The lowest BCUT2D eigenvalue weighted by atomic mass is 9.86. The third-order valence-electron chi connectivity index (χ3n) is 12.3. The number of aromatic hydroxyl groups is 1. The summed E-state index contributed by atoms with van der Waals surface area (Å²) in [5, 5.41) is 28.0. The van der Waals surface area contributed by atoms with Crippen LogP contribution < -0.4 is 36.6 Å². The number of amides is 7. The van der Waals surface area contributed by atoms with Crippen molar-refractivity contribution in [2.75, 3.05) is 39.2 Å². The quantitative estimate of drug-likeness (QED) is 0.0319. The van der Waals surface area contributed by atoms with Gasteiger partial charge in [0.15, 0.2) is 5.82 Å². The molecule has 1 aromatic heterocycles. The van der Waals surface area contributed by atoms with Gasteiger partial charge in [0.25, 0.3) is 5.91 Å². The number of phenolic OH excluding ortho intramolecular Hbond substituents is 1. The van der Waals surface area contributed by atoms with Crippen LogP contribution in [-0.4, -0.2) is 131 Å². The summed E-state index contributed by atoms with van der Waals surface area (Å²) in [5.41, 5.74) is 1.12. The Morgan fingerprint density at radius 2 is 1.39 bits per heavy atom. The van der Waals surface area contributed by atoms with E-state index in [1.807, 2.05) is 24.3 Å². The molecule has 3 aromatic carbocycles. The van der Waals surface area contributed by atoms with Crippen molar-refractivity contribution in [3.05, 3.63) is 88.2 Å². The lowest BCUT2D eigenvalue weighted by Crippen LogP contribution is -2.55.